The van der Waals surface area contributed by atoms with Crippen molar-refractivity contribution in [3.63, 3.8) is 0 Å². The molecule has 0 spiro atoms. The Morgan fingerprint density at radius 3 is 3.13 bits per heavy atom. The Morgan fingerprint density at radius 1 is 1.52 bits per heavy atom. The average molecular weight is 336 g/mol. The molecule has 0 saturated carbocycles. The lowest BCUT2D eigenvalue weighted by Crippen LogP contribution is -2.42. The molecule has 0 aliphatic carbocycles. The zero-order valence-corrected chi connectivity index (χ0v) is 13.5. The normalized spacial score (nSPS) is 20.4. The Morgan fingerprint density at radius 2 is 2.39 bits per heavy atom. The van der Waals surface area contributed by atoms with Crippen molar-refractivity contribution in [1.29, 1.82) is 0 Å². The zero-order valence-electron chi connectivity index (χ0n) is 12.7. The molecule has 3 rings (SSSR count). The van der Waals surface area contributed by atoms with Crippen molar-refractivity contribution in [2.45, 2.75) is 18.5 Å². The maximum absolute atomic E-state index is 12.4. The van der Waals surface area contributed by atoms with Crippen LogP contribution in [-0.2, 0) is 11.2 Å². The Labute approximate surface area is 139 Å². The van der Waals surface area contributed by atoms with Gasteiger partial charge in [-0.25, -0.2) is 4.68 Å². The van der Waals surface area contributed by atoms with Crippen molar-refractivity contribution in [3.8, 4) is 5.75 Å². The first kappa shape index (κ1) is 15.8. The first-order valence-corrected chi connectivity index (χ1v) is 7.73. The number of ether oxygens (including phenoxy) is 1. The molecule has 1 aliphatic rings. The molecule has 2 N–H and O–H groups in total. The summed E-state index contributed by atoms with van der Waals surface area (Å²) in [5.41, 5.74) is 0.765. The summed E-state index contributed by atoms with van der Waals surface area (Å²) in [4.78, 5) is 12.4. The molecule has 2 aromatic rings. The number of benzene rings is 1. The largest absolute Gasteiger partial charge is 0.496 e. The van der Waals surface area contributed by atoms with Crippen molar-refractivity contribution in [2.75, 3.05) is 20.2 Å². The van der Waals surface area contributed by atoms with Crippen molar-refractivity contribution < 1.29 is 9.53 Å². The molecule has 1 aromatic carbocycles. The molecule has 1 aliphatic heterocycles. The van der Waals surface area contributed by atoms with Crippen LogP contribution in [0.1, 0.15) is 11.6 Å². The number of rotatable bonds is 5. The van der Waals surface area contributed by atoms with Crippen molar-refractivity contribution in [2.24, 2.45) is 0 Å². The van der Waals surface area contributed by atoms with Crippen molar-refractivity contribution >= 4 is 17.5 Å². The van der Waals surface area contributed by atoms with Gasteiger partial charge in [0.2, 0.25) is 5.91 Å². The van der Waals surface area contributed by atoms with Crippen LogP contribution in [0.15, 0.2) is 30.6 Å². The van der Waals surface area contributed by atoms with Crippen LogP contribution >= 0.6 is 11.6 Å². The number of carbonyl (C=O) groups is 1. The van der Waals surface area contributed by atoms with E-state index < -0.39 is 0 Å². The second-order valence-electron chi connectivity index (χ2n) is 5.42. The molecule has 8 heteroatoms. The summed E-state index contributed by atoms with van der Waals surface area (Å²) in [6, 6.07) is 5.28. The maximum atomic E-state index is 12.4. The van der Waals surface area contributed by atoms with E-state index in [1.165, 1.54) is 0 Å². The second-order valence-corrected chi connectivity index (χ2v) is 5.85. The van der Waals surface area contributed by atoms with Gasteiger partial charge in [0.05, 0.1) is 31.8 Å². The number of aromatic nitrogens is 3. The third-order valence-corrected chi connectivity index (χ3v) is 4.14. The fourth-order valence-corrected chi connectivity index (χ4v) is 3.00. The quantitative estimate of drug-likeness (QED) is 0.845. The highest BCUT2D eigenvalue weighted by Gasteiger charge is 2.30. The van der Waals surface area contributed by atoms with E-state index in [4.69, 9.17) is 16.3 Å². The van der Waals surface area contributed by atoms with Crippen LogP contribution in [0.25, 0.3) is 0 Å². The van der Waals surface area contributed by atoms with Crippen LogP contribution < -0.4 is 15.4 Å². The van der Waals surface area contributed by atoms with Gasteiger partial charge in [-0.05, 0) is 18.2 Å². The molecule has 1 aromatic heterocycles. The van der Waals surface area contributed by atoms with E-state index in [1.54, 1.807) is 42.4 Å². The number of halogens is 1. The number of hydrogen-bond donors (Lipinski definition) is 2. The lowest BCUT2D eigenvalue weighted by atomic mass is 10.1. The van der Waals surface area contributed by atoms with Gasteiger partial charge >= 0.3 is 0 Å². The van der Waals surface area contributed by atoms with E-state index in [0.29, 0.717) is 17.3 Å². The SMILES string of the molecule is COc1ccc(Cl)cc1CC(=O)N[C@@H]1CNC[C@@H]1n1ccnn1. The van der Waals surface area contributed by atoms with Gasteiger partial charge in [0.1, 0.15) is 5.75 Å². The van der Waals surface area contributed by atoms with Crippen LogP contribution in [0.5, 0.6) is 5.75 Å². The third-order valence-electron chi connectivity index (χ3n) is 3.90. The number of nitrogens with one attached hydrogen (secondary N) is 2. The number of hydrogen-bond acceptors (Lipinski definition) is 5. The smallest absolute Gasteiger partial charge is 0.224 e. The minimum absolute atomic E-state index is 0.0330. The maximum Gasteiger partial charge on any atom is 0.224 e. The summed E-state index contributed by atoms with van der Waals surface area (Å²) in [5, 5.41) is 14.7. The van der Waals surface area contributed by atoms with Gasteiger partial charge in [0, 0.05) is 29.9 Å². The molecule has 122 valence electrons. The Kier molecular flexibility index (Phi) is 4.78. The van der Waals surface area contributed by atoms with Crippen LogP contribution in [0.4, 0.5) is 0 Å². The molecule has 1 saturated heterocycles. The number of amides is 1. The Balaban J connectivity index is 1.66. The summed E-state index contributed by atoms with van der Waals surface area (Å²) in [6.07, 6.45) is 3.65. The molecule has 2 atom stereocenters. The topological polar surface area (TPSA) is 81.1 Å². The van der Waals surface area contributed by atoms with E-state index in [9.17, 15) is 4.79 Å². The zero-order chi connectivity index (χ0) is 16.2. The minimum Gasteiger partial charge on any atom is -0.496 e. The average Bonchev–Trinajstić information content (AvgIpc) is 3.18. The summed E-state index contributed by atoms with van der Waals surface area (Å²) < 4.78 is 7.05. The van der Waals surface area contributed by atoms with Gasteiger partial charge in [0.25, 0.3) is 0 Å². The molecule has 1 amide bonds. The predicted molar refractivity (Wildman–Crippen MR) is 85.6 cm³/mol. The molecule has 23 heavy (non-hydrogen) atoms. The van der Waals surface area contributed by atoms with Crippen molar-refractivity contribution in [1.82, 2.24) is 25.6 Å². The molecule has 0 radical (unpaired) electrons. The molecule has 2 heterocycles. The van der Waals surface area contributed by atoms with E-state index >= 15 is 0 Å². The highest BCUT2D eigenvalue weighted by molar-refractivity contribution is 6.30. The van der Waals surface area contributed by atoms with Crippen LogP contribution in [0, 0.1) is 0 Å². The summed E-state index contributed by atoms with van der Waals surface area (Å²) in [6.45, 7) is 1.44. The third kappa shape index (κ3) is 3.62. The lowest BCUT2D eigenvalue weighted by Gasteiger charge is -2.20. The van der Waals surface area contributed by atoms with Crippen LogP contribution in [0.3, 0.4) is 0 Å². The molecular formula is C15H18ClN5O2. The Hall–Kier alpha value is -2.12. The summed E-state index contributed by atoms with van der Waals surface area (Å²) in [5.74, 6) is 0.575. The van der Waals surface area contributed by atoms with E-state index in [0.717, 1.165) is 12.1 Å². The fourth-order valence-electron chi connectivity index (χ4n) is 2.80. The van der Waals surface area contributed by atoms with Crippen molar-refractivity contribution in [3.05, 3.63) is 41.2 Å². The highest BCUT2D eigenvalue weighted by Crippen LogP contribution is 2.23. The number of methoxy groups -OCH3 is 1. The van der Waals surface area contributed by atoms with Gasteiger partial charge in [-0.3, -0.25) is 4.79 Å². The molecule has 1 fully saturated rings. The molecule has 0 bridgehead atoms. The van der Waals surface area contributed by atoms with Gasteiger partial charge in [-0.1, -0.05) is 16.8 Å². The molecule has 0 unspecified atom stereocenters. The van der Waals surface area contributed by atoms with Crippen LogP contribution in [0.2, 0.25) is 5.02 Å². The van der Waals surface area contributed by atoms with E-state index in [2.05, 4.69) is 20.9 Å². The molecule has 7 nitrogen and oxygen atoms in total. The molecular weight excluding hydrogens is 318 g/mol. The predicted octanol–water partition coefficient (Wildman–Crippen LogP) is 0.812. The van der Waals surface area contributed by atoms with Gasteiger partial charge in [-0.15, -0.1) is 5.10 Å². The monoisotopic (exact) mass is 335 g/mol. The second kappa shape index (κ2) is 6.97. The summed E-state index contributed by atoms with van der Waals surface area (Å²) in [7, 11) is 1.58. The van der Waals surface area contributed by atoms with Gasteiger partial charge in [0.15, 0.2) is 0 Å². The summed E-state index contributed by atoms with van der Waals surface area (Å²) >= 11 is 6.00. The standard InChI is InChI=1S/C15H18ClN5O2/c1-23-14-3-2-11(16)6-10(14)7-15(22)19-12-8-17-9-13(12)21-5-4-18-20-21/h2-6,12-13,17H,7-9H2,1H3,(H,19,22)/t12-,13+/m1/s1. The number of carbonyl (C=O) groups excluding carboxylic acids is 1. The first-order chi connectivity index (χ1) is 11.2. The van der Waals surface area contributed by atoms with E-state index in [1.807, 2.05) is 0 Å². The fraction of sp³-hybridized carbons (Fsp3) is 0.400. The minimum atomic E-state index is -0.0793. The lowest BCUT2D eigenvalue weighted by molar-refractivity contribution is -0.121. The Bertz CT molecular complexity index is 677. The van der Waals surface area contributed by atoms with Gasteiger partial charge < -0.3 is 15.4 Å². The first-order valence-electron chi connectivity index (χ1n) is 7.35. The van der Waals surface area contributed by atoms with E-state index in [-0.39, 0.29) is 24.4 Å². The highest BCUT2D eigenvalue weighted by atomic mass is 35.5. The van der Waals surface area contributed by atoms with Crippen LogP contribution in [-0.4, -0.2) is 47.1 Å². The van der Waals surface area contributed by atoms with Gasteiger partial charge in [-0.2, -0.15) is 0 Å². The number of nitrogens with zero attached hydrogens (tertiary/aromatic N) is 3.